The smallest absolute Gasteiger partial charge is 0.187 e. The van der Waals surface area contributed by atoms with Crippen LogP contribution in [-0.2, 0) is 13.0 Å². The molecule has 0 bridgehead atoms. The van der Waals surface area contributed by atoms with Crippen LogP contribution in [0.3, 0.4) is 0 Å². The van der Waals surface area contributed by atoms with E-state index in [0.717, 1.165) is 23.1 Å². The van der Waals surface area contributed by atoms with Gasteiger partial charge in [0.2, 0.25) is 0 Å². The molecule has 0 saturated heterocycles. The molecule has 21 heavy (non-hydrogen) atoms. The fourth-order valence-corrected chi connectivity index (χ4v) is 2.38. The second-order valence-corrected chi connectivity index (χ2v) is 4.86. The Morgan fingerprint density at radius 3 is 2.76 bits per heavy atom. The van der Waals surface area contributed by atoms with Crippen LogP contribution >= 0.6 is 0 Å². The molecule has 2 aromatic heterocycles. The summed E-state index contributed by atoms with van der Waals surface area (Å²) in [7, 11) is 0. The largest absolute Gasteiger partial charge is 0.397 e. The number of nitrogens with two attached hydrogens (primary N) is 1. The SMILES string of the molecule is CCn1nc(CC(=O)c2ccc(N)cn2)c2ccccc21. The minimum atomic E-state index is -0.0542. The summed E-state index contributed by atoms with van der Waals surface area (Å²) in [6, 6.07) is 11.3. The lowest BCUT2D eigenvalue weighted by molar-refractivity contribution is 0.0987. The summed E-state index contributed by atoms with van der Waals surface area (Å²) in [6.07, 6.45) is 1.74. The Morgan fingerprint density at radius 2 is 2.05 bits per heavy atom. The van der Waals surface area contributed by atoms with Crippen LogP contribution in [0, 0.1) is 0 Å². The molecule has 0 amide bonds. The quantitative estimate of drug-likeness (QED) is 0.745. The third kappa shape index (κ3) is 2.50. The first-order valence-electron chi connectivity index (χ1n) is 6.88. The average Bonchev–Trinajstić information content (AvgIpc) is 2.86. The third-order valence-corrected chi connectivity index (χ3v) is 3.43. The highest BCUT2D eigenvalue weighted by atomic mass is 16.1. The zero-order chi connectivity index (χ0) is 14.8. The number of nitrogen functional groups attached to an aromatic ring is 1. The minimum absolute atomic E-state index is 0.0542. The molecule has 0 radical (unpaired) electrons. The van der Waals surface area contributed by atoms with Crippen LogP contribution < -0.4 is 5.73 Å². The predicted octanol–water partition coefficient (Wildman–Crippen LogP) is 2.46. The van der Waals surface area contributed by atoms with Gasteiger partial charge >= 0.3 is 0 Å². The molecule has 5 nitrogen and oxygen atoms in total. The van der Waals surface area contributed by atoms with E-state index < -0.39 is 0 Å². The second-order valence-electron chi connectivity index (χ2n) is 4.86. The van der Waals surface area contributed by atoms with Crippen LogP contribution in [0.5, 0.6) is 0 Å². The van der Waals surface area contributed by atoms with Crippen LogP contribution in [0.4, 0.5) is 5.69 Å². The summed E-state index contributed by atoms with van der Waals surface area (Å²) in [5.74, 6) is -0.0542. The maximum atomic E-state index is 12.3. The molecular weight excluding hydrogens is 264 g/mol. The topological polar surface area (TPSA) is 73.8 Å². The Morgan fingerprint density at radius 1 is 1.24 bits per heavy atom. The number of ketones is 1. The van der Waals surface area contributed by atoms with E-state index in [4.69, 9.17) is 5.73 Å². The number of pyridine rings is 1. The maximum Gasteiger partial charge on any atom is 0.187 e. The van der Waals surface area contributed by atoms with Crippen molar-refractivity contribution in [1.29, 1.82) is 0 Å². The lowest BCUT2D eigenvalue weighted by atomic mass is 10.1. The molecule has 0 aliphatic carbocycles. The van der Waals surface area contributed by atoms with Crippen molar-refractivity contribution in [2.45, 2.75) is 19.9 Å². The first-order chi connectivity index (χ1) is 10.2. The number of hydrogen-bond donors (Lipinski definition) is 1. The van der Waals surface area contributed by atoms with Crippen LogP contribution in [0.2, 0.25) is 0 Å². The number of carbonyl (C=O) groups is 1. The van der Waals surface area contributed by atoms with Crippen LogP contribution in [0.15, 0.2) is 42.6 Å². The van der Waals surface area contributed by atoms with Gasteiger partial charge in [-0.1, -0.05) is 18.2 Å². The Balaban J connectivity index is 1.94. The monoisotopic (exact) mass is 280 g/mol. The summed E-state index contributed by atoms with van der Waals surface area (Å²) in [5, 5.41) is 5.55. The number of para-hydroxylation sites is 1. The summed E-state index contributed by atoms with van der Waals surface area (Å²) in [6.45, 7) is 2.81. The molecule has 106 valence electrons. The number of aromatic nitrogens is 3. The minimum Gasteiger partial charge on any atom is -0.397 e. The lowest BCUT2D eigenvalue weighted by Gasteiger charge is -1.99. The number of Topliss-reactive ketones (excluding diaryl/α,β-unsaturated/α-hetero) is 1. The number of carbonyl (C=O) groups excluding carboxylic acids is 1. The van der Waals surface area contributed by atoms with Crippen LogP contribution in [0.25, 0.3) is 10.9 Å². The molecule has 0 atom stereocenters. The van der Waals surface area contributed by atoms with E-state index in [1.54, 1.807) is 12.1 Å². The Kier molecular flexibility index (Phi) is 3.39. The number of aryl methyl sites for hydroxylation is 1. The number of fused-ring (bicyclic) bond motifs is 1. The van der Waals surface area contributed by atoms with Gasteiger partial charge in [-0.25, -0.2) is 0 Å². The van der Waals surface area contributed by atoms with E-state index in [1.807, 2.05) is 35.9 Å². The fraction of sp³-hybridized carbons (Fsp3) is 0.188. The lowest BCUT2D eigenvalue weighted by Crippen LogP contribution is -2.07. The van der Waals surface area contributed by atoms with Crippen molar-refractivity contribution < 1.29 is 4.79 Å². The molecular formula is C16H16N4O. The highest BCUT2D eigenvalue weighted by molar-refractivity contribution is 5.98. The van der Waals surface area contributed by atoms with Crippen LogP contribution in [0.1, 0.15) is 23.1 Å². The molecule has 3 aromatic rings. The van der Waals surface area contributed by atoms with E-state index >= 15 is 0 Å². The number of hydrogen-bond acceptors (Lipinski definition) is 4. The van der Waals surface area contributed by atoms with E-state index in [0.29, 0.717) is 11.4 Å². The molecule has 0 aliphatic rings. The molecule has 0 spiro atoms. The van der Waals surface area contributed by atoms with Crippen molar-refractivity contribution in [3.8, 4) is 0 Å². The first-order valence-corrected chi connectivity index (χ1v) is 6.88. The highest BCUT2D eigenvalue weighted by Gasteiger charge is 2.15. The molecule has 3 rings (SSSR count). The van der Waals surface area contributed by atoms with Gasteiger partial charge in [0, 0.05) is 11.9 Å². The van der Waals surface area contributed by atoms with Gasteiger partial charge in [0.15, 0.2) is 5.78 Å². The fourth-order valence-electron chi connectivity index (χ4n) is 2.38. The normalized spacial score (nSPS) is 10.9. The van der Waals surface area contributed by atoms with Crippen molar-refractivity contribution in [2.75, 3.05) is 5.73 Å². The summed E-state index contributed by atoms with van der Waals surface area (Å²) in [4.78, 5) is 16.4. The summed E-state index contributed by atoms with van der Waals surface area (Å²) in [5.41, 5.74) is 8.39. The van der Waals surface area contributed by atoms with Crippen molar-refractivity contribution in [3.63, 3.8) is 0 Å². The van der Waals surface area contributed by atoms with E-state index in [-0.39, 0.29) is 12.2 Å². The maximum absolute atomic E-state index is 12.3. The number of rotatable bonds is 4. The molecule has 1 aromatic carbocycles. The molecule has 2 heterocycles. The van der Waals surface area contributed by atoms with Crippen molar-refractivity contribution in [3.05, 3.63) is 54.0 Å². The zero-order valence-corrected chi connectivity index (χ0v) is 11.8. The molecule has 0 fully saturated rings. The van der Waals surface area contributed by atoms with Crippen molar-refractivity contribution in [2.24, 2.45) is 0 Å². The zero-order valence-electron chi connectivity index (χ0n) is 11.8. The summed E-state index contributed by atoms with van der Waals surface area (Å²) >= 11 is 0. The second kappa shape index (κ2) is 5.36. The Bertz CT molecular complexity index is 790. The van der Waals surface area contributed by atoms with Gasteiger partial charge in [-0.15, -0.1) is 0 Å². The van der Waals surface area contributed by atoms with E-state index in [2.05, 4.69) is 10.1 Å². The third-order valence-electron chi connectivity index (χ3n) is 3.43. The van der Waals surface area contributed by atoms with Gasteiger partial charge in [0.1, 0.15) is 5.69 Å². The van der Waals surface area contributed by atoms with Gasteiger partial charge in [0.25, 0.3) is 0 Å². The van der Waals surface area contributed by atoms with Crippen LogP contribution in [-0.4, -0.2) is 20.5 Å². The average molecular weight is 280 g/mol. The first kappa shape index (κ1) is 13.3. The standard InChI is InChI=1S/C16H16N4O/c1-2-20-15-6-4-3-5-12(15)14(19-20)9-16(21)13-8-7-11(17)10-18-13/h3-8,10H,2,9,17H2,1H3. The number of benzene rings is 1. The van der Waals surface area contributed by atoms with Gasteiger partial charge in [-0.3, -0.25) is 14.5 Å². The molecule has 2 N–H and O–H groups in total. The van der Waals surface area contributed by atoms with Crippen molar-refractivity contribution in [1.82, 2.24) is 14.8 Å². The van der Waals surface area contributed by atoms with Gasteiger partial charge in [-0.2, -0.15) is 5.10 Å². The molecule has 5 heteroatoms. The summed E-state index contributed by atoms with van der Waals surface area (Å²) < 4.78 is 1.91. The number of nitrogens with zero attached hydrogens (tertiary/aromatic N) is 3. The molecule has 0 unspecified atom stereocenters. The highest BCUT2D eigenvalue weighted by Crippen LogP contribution is 2.19. The molecule has 0 saturated carbocycles. The predicted molar refractivity (Wildman–Crippen MR) is 82.1 cm³/mol. The van der Waals surface area contributed by atoms with Gasteiger partial charge < -0.3 is 5.73 Å². The van der Waals surface area contributed by atoms with Gasteiger partial charge in [-0.05, 0) is 25.1 Å². The van der Waals surface area contributed by atoms with E-state index in [9.17, 15) is 4.79 Å². The van der Waals surface area contributed by atoms with E-state index in [1.165, 1.54) is 6.20 Å². The Labute approximate surface area is 122 Å². The van der Waals surface area contributed by atoms with Crippen molar-refractivity contribution >= 4 is 22.4 Å². The Hall–Kier alpha value is -2.69. The molecule has 0 aliphatic heterocycles. The van der Waals surface area contributed by atoms with Gasteiger partial charge in [0.05, 0.1) is 29.5 Å². The number of anilines is 1.